The van der Waals surface area contributed by atoms with E-state index in [9.17, 15) is 0 Å². The van der Waals surface area contributed by atoms with Gasteiger partial charge in [-0.3, -0.25) is 0 Å². The first kappa shape index (κ1) is 15.3. The van der Waals surface area contributed by atoms with E-state index in [0.29, 0.717) is 6.04 Å². The summed E-state index contributed by atoms with van der Waals surface area (Å²) in [7, 11) is 0. The van der Waals surface area contributed by atoms with E-state index < -0.39 is 0 Å². The zero-order chi connectivity index (χ0) is 14.6. The zero-order valence-corrected chi connectivity index (χ0v) is 13.5. The first-order chi connectivity index (χ1) is 9.45. The number of hydrogen-bond acceptors (Lipinski definition) is 1. The van der Waals surface area contributed by atoms with E-state index in [1.807, 2.05) is 0 Å². The van der Waals surface area contributed by atoms with Crippen LogP contribution in [0.25, 0.3) is 6.08 Å². The molecule has 1 fully saturated rings. The van der Waals surface area contributed by atoms with Gasteiger partial charge in [-0.15, -0.1) is 0 Å². The fourth-order valence-electron chi connectivity index (χ4n) is 2.91. The standard InChI is InChI=1S/C19H29N/c1-15(14-18-7-5-6-12-20-18)13-16-8-10-17(11-9-16)19(2,3)4/h8-11,13,18,20H,5-7,12,14H2,1-4H3/b15-13-. The van der Waals surface area contributed by atoms with E-state index in [4.69, 9.17) is 0 Å². The van der Waals surface area contributed by atoms with Crippen LogP contribution in [0.2, 0.25) is 0 Å². The van der Waals surface area contributed by atoms with Crippen LogP contribution >= 0.6 is 0 Å². The predicted octanol–water partition coefficient (Wildman–Crippen LogP) is 4.92. The molecule has 0 aromatic heterocycles. The second-order valence-corrected chi connectivity index (χ2v) is 7.21. The Morgan fingerprint density at radius 3 is 2.45 bits per heavy atom. The highest BCUT2D eigenvalue weighted by molar-refractivity contribution is 5.53. The Bertz CT molecular complexity index is 442. The number of benzene rings is 1. The molecule has 1 saturated heterocycles. The van der Waals surface area contributed by atoms with Crippen molar-refractivity contribution in [3.05, 3.63) is 41.0 Å². The first-order valence-corrected chi connectivity index (χ1v) is 7.96. The summed E-state index contributed by atoms with van der Waals surface area (Å²) in [6, 6.07) is 9.71. The Kier molecular flexibility index (Phi) is 5.04. The summed E-state index contributed by atoms with van der Waals surface area (Å²) in [5.74, 6) is 0. The molecule has 0 amide bonds. The van der Waals surface area contributed by atoms with E-state index >= 15 is 0 Å². The van der Waals surface area contributed by atoms with Crippen LogP contribution in [0.3, 0.4) is 0 Å². The van der Waals surface area contributed by atoms with Gasteiger partial charge in [0.05, 0.1) is 0 Å². The molecule has 110 valence electrons. The summed E-state index contributed by atoms with van der Waals surface area (Å²) < 4.78 is 0. The second kappa shape index (κ2) is 6.58. The van der Waals surface area contributed by atoms with Crippen molar-refractivity contribution in [3.63, 3.8) is 0 Å². The third kappa shape index (κ3) is 4.49. The van der Waals surface area contributed by atoms with Crippen LogP contribution in [-0.2, 0) is 5.41 Å². The van der Waals surface area contributed by atoms with Crippen LogP contribution in [0.5, 0.6) is 0 Å². The molecule has 0 bridgehead atoms. The van der Waals surface area contributed by atoms with Gasteiger partial charge in [0.25, 0.3) is 0 Å². The van der Waals surface area contributed by atoms with Gasteiger partial charge in [-0.05, 0) is 49.3 Å². The maximum atomic E-state index is 3.62. The maximum Gasteiger partial charge on any atom is 0.0104 e. The molecule has 2 rings (SSSR count). The number of nitrogens with one attached hydrogen (secondary N) is 1. The Morgan fingerprint density at radius 2 is 1.90 bits per heavy atom. The smallest absolute Gasteiger partial charge is 0.0104 e. The molecule has 0 saturated carbocycles. The lowest BCUT2D eigenvalue weighted by atomic mass is 9.86. The van der Waals surface area contributed by atoms with Crippen LogP contribution in [0, 0.1) is 0 Å². The molecule has 1 N–H and O–H groups in total. The number of rotatable bonds is 3. The molecular weight excluding hydrogens is 242 g/mol. The van der Waals surface area contributed by atoms with Gasteiger partial charge >= 0.3 is 0 Å². The van der Waals surface area contributed by atoms with Crippen molar-refractivity contribution in [3.8, 4) is 0 Å². The van der Waals surface area contributed by atoms with Crippen molar-refractivity contribution in [1.82, 2.24) is 5.32 Å². The third-order valence-electron chi connectivity index (χ3n) is 4.17. The molecule has 0 aliphatic carbocycles. The van der Waals surface area contributed by atoms with Crippen LogP contribution in [0.15, 0.2) is 29.8 Å². The lowest BCUT2D eigenvalue weighted by Crippen LogP contribution is -2.33. The largest absolute Gasteiger partial charge is 0.314 e. The van der Waals surface area contributed by atoms with Crippen molar-refractivity contribution in [2.24, 2.45) is 0 Å². The van der Waals surface area contributed by atoms with Gasteiger partial charge in [-0.25, -0.2) is 0 Å². The zero-order valence-electron chi connectivity index (χ0n) is 13.5. The average molecular weight is 271 g/mol. The van der Waals surface area contributed by atoms with Gasteiger partial charge < -0.3 is 5.32 Å². The summed E-state index contributed by atoms with van der Waals surface area (Å²) in [6.45, 7) is 10.2. The monoisotopic (exact) mass is 271 g/mol. The molecule has 1 aliphatic heterocycles. The van der Waals surface area contributed by atoms with Crippen molar-refractivity contribution < 1.29 is 0 Å². The van der Waals surface area contributed by atoms with Gasteiger partial charge in [0, 0.05) is 6.04 Å². The number of hydrogen-bond donors (Lipinski definition) is 1. The Balaban J connectivity index is 1.98. The van der Waals surface area contributed by atoms with Gasteiger partial charge in [-0.2, -0.15) is 0 Å². The minimum absolute atomic E-state index is 0.239. The lowest BCUT2D eigenvalue weighted by Gasteiger charge is -2.23. The molecule has 0 radical (unpaired) electrons. The van der Waals surface area contributed by atoms with Gasteiger partial charge in [0.15, 0.2) is 0 Å². The molecule has 1 unspecified atom stereocenters. The summed E-state index contributed by atoms with van der Waals surface area (Å²) in [5, 5.41) is 3.62. The van der Waals surface area contributed by atoms with E-state index in [2.05, 4.69) is 63.4 Å². The summed E-state index contributed by atoms with van der Waals surface area (Å²) in [4.78, 5) is 0. The molecule has 1 aliphatic rings. The lowest BCUT2D eigenvalue weighted by molar-refractivity contribution is 0.399. The van der Waals surface area contributed by atoms with Crippen molar-refractivity contribution in [2.45, 2.75) is 64.8 Å². The molecule has 1 aromatic rings. The van der Waals surface area contributed by atoms with E-state index in [1.165, 1.54) is 48.9 Å². The molecule has 0 spiro atoms. The van der Waals surface area contributed by atoms with Crippen LogP contribution in [-0.4, -0.2) is 12.6 Å². The van der Waals surface area contributed by atoms with Gasteiger partial charge in [0.1, 0.15) is 0 Å². The fraction of sp³-hybridized carbons (Fsp3) is 0.579. The topological polar surface area (TPSA) is 12.0 Å². The van der Waals surface area contributed by atoms with Crippen molar-refractivity contribution >= 4 is 6.08 Å². The Labute approximate surface area is 124 Å². The highest BCUT2D eigenvalue weighted by atomic mass is 14.9. The molecule has 1 aromatic carbocycles. The molecule has 1 atom stereocenters. The second-order valence-electron chi connectivity index (χ2n) is 7.21. The summed E-state index contributed by atoms with van der Waals surface area (Å²) in [5.41, 5.74) is 4.45. The summed E-state index contributed by atoms with van der Waals surface area (Å²) >= 11 is 0. The molecule has 1 nitrogen and oxygen atoms in total. The Hall–Kier alpha value is -1.08. The molecule has 1 heteroatoms. The number of piperidine rings is 1. The fourth-order valence-corrected chi connectivity index (χ4v) is 2.91. The normalized spacial score (nSPS) is 21.0. The first-order valence-electron chi connectivity index (χ1n) is 7.96. The minimum atomic E-state index is 0.239. The quantitative estimate of drug-likeness (QED) is 0.823. The minimum Gasteiger partial charge on any atom is -0.314 e. The third-order valence-corrected chi connectivity index (χ3v) is 4.17. The molecular formula is C19H29N. The summed E-state index contributed by atoms with van der Waals surface area (Å²) in [6.07, 6.45) is 7.57. The van der Waals surface area contributed by atoms with Crippen LogP contribution in [0.4, 0.5) is 0 Å². The SMILES string of the molecule is C/C(=C/c1ccc(C(C)(C)C)cc1)CC1CCCCN1. The predicted molar refractivity (Wildman–Crippen MR) is 89.1 cm³/mol. The van der Waals surface area contributed by atoms with Gasteiger partial charge in [0.2, 0.25) is 0 Å². The highest BCUT2D eigenvalue weighted by Crippen LogP contribution is 2.23. The van der Waals surface area contributed by atoms with Crippen LogP contribution < -0.4 is 5.32 Å². The van der Waals surface area contributed by atoms with Crippen LogP contribution in [0.1, 0.15) is 64.5 Å². The van der Waals surface area contributed by atoms with E-state index in [-0.39, 0.29) is 5.41 Å². The van der Waals surface area contributed by atoms with Crippen molar-refractivity contribution in [2.75, 3.05) is 6.54 Å². The van der Waals surface area contributed by atoms with Gasteiger partial charge in [-0.1, -0.05) is 63.1 Å². The average Bonchev–Trinajstić information content (AvgIpc) is 2.39. The highest BCUT2D eigenvalue weighted by Gasteiger charge is 2.14. The maximum absolute atomic E-state index is 3.62. The molecule has 1 heterocycles. The van der Waals surface area contributed by atoms with E-state index in [0.717, 1.165) is 0 Å². The van der Waals surface area contributed by atoms with E-state index in [1.54, 1.807) is 0 Å². The van der Waals surface area contributed by atoms with Crippen molar-refractivity contribution in [1.29, 1.82) is 0 Å². The Morgan fingerprint density at radius 1 is 1.20 bits per heavy atom. The molecule has 20 heavy (non-hydrogen) atoms.